The van der Waals surface area contributed by atoms with Gasteiger partial charge in [-0.3, -0.25) is 0 Å². The van der Waals surface area contributed by atoms with Crippen molar-refractivity contribution in [2.45, 2.75) is 20.4 Å². The summed E-state index contributed by atoms with van der Waals surface area (Å²) in [6.07, 6.45) is 0. The zero-order valence-electron chi connectivity index (χ0n) is 13.4. The molecule has 23 heavy (non-hydrogen) atoms. The lowest BCUT2D eigenvalue weighted by atomic mass is 10.00. The molecule has 0 unspecified atom stereocenters. The van der Waals surface area contributed by atoms with Gasteiger partial charge in [0.1, 0.15) is 5.75 Å². The number of phenols is 1. The van der Waals surface area contributed by atoms with E-state index in [-0.39, 0.29) is 0 Å². The lowest BCUT2D eigenvalue weighted by Crippen LogP contribution is -1.92. The van der Waals surface area contributed by atoms with Gasteiger partial charge in [-0.25, -0.2) is 0 Å². The molecule has 4 aromatic rings. The summed E-state index contributed by atoms with van der Waals surface area (Å²) >= 11 is 0. The lowest BCUT2D eigenvalue weighted by molar-refractivity contribution is 0.477. The van der Waals surface area contributed by atoms with Crippen molar-refractivity contribution in [3.8, 4) is 16.9 Å². The number of phenolic OH excluding ortho intramolecular Hbond substituents is 1. The van der Waals surface area contributed by atoms with Crippen molar-refractivity contribution in [3.05, 3.63) is 66.2 Å². The highest BCUT2D eigenvalue weighted by molar-refractivity contribution is 6.09. The zero-order valence-corrected chi connectivity index (χ0v) is 13.4. The summed E-state index contributed by atoms with van der Waals surface area (Å²) in [5.74, 6) is 0.328. The predicted octanol–water partition coefficient (Wildman–Crippen LogP) is 5.50. The van der Waals surface area contributed by atoms with Gasteiger partial charge in [-0.05, 0) is 49.7 Å². The summed E-state index contributed by atoms with van der Waals surface area (Å²) in [4.78, 5) is 0. The van der Waals surface area contributed by atoms with Crippen molar-refractivity contribution in [3.63, 3.8) is 0 Å². The van der Waals surface area contributed by atoms with E-state index in [2.05, 4.69) is 54.0 Å². The fraction of sp³-hybridized carbons (Fsp3) is 0.143. The Morgan fingerprint density at radius 1 is 0.870 bits per heavy atom. The first kappa shape index (κ1) is 13.9. The quantitative estimate of drug-likeness (QED) is 0.520. The molecule has 0 bridgehead atoms. The highest BCUT2D eigenvalue weighted by atomic mass is 16.3. The van der Waals surface area contributed by atoms with Gasteiger partial charge in [0.25, 0.3) is 0 Å². The van der Waals surface area contributed by atoms with E-state index in [1.165, 1.54) is 21.8 Å². The Labute approximate surface area is 135 Å². The van der Waals surface area contributed by atoms with Crippen LogP contribution in [0.25, 0.3) is 32.9 Å². The highest BCUT2D eigenvalue weighted by Crippen LogP contribution is 2.35. The topological polar surface area (TPSA) is 25.2 Å². The largest absolute Gasteiger partial charge is 0.507 e. The number of hydrogen-bond acceptors (Lipinski definition) is 1. The van der Waals surface area contributed by atoms with Crippen LogP contribution in [0.15, 0.2) is 60.7 Å². The maximum Gasteiger partial charge on any atom is 0.123 e. The molecule has 0 fully saturated rings. The fourth-order valence-corrected chi connectivity index (χ4v) is 3.44. The summed E-state index contributed by atoms with van der Waals surface area (Å²) in [6, 6.07) is 20.7. The fourth-order valence-electron chi connectivity index (χ4n) is 3.44. The Morgan fingerprint density at radius 2 is 1.65 bits per heavy atom. The van der Waals surface area contributed by atoms with Crippen LogP contribution in [0.5, 0.6) is 5.75 Å². The Morgan fingerprint density at radius 3 is 2.48 bits per heavy atom. The molecular formula is C21H19NO. The summed E-state index contributed by atoms with van der Waals surface area (Å²) in [5, 5.41) is 12.7. The van der Waals surface area contributed by atoms with Crippen LogP contribution in [0.4, 0.5) is 0 Å². The molecule has 0 radical (unpaired) electrons. The van der Waals surface area contributed by atoms with Gasteiger partial charge in [0, 0.05) is 33.9 Å². The Hall–Kier alpha value is -2.74. The third-order valence-electron chi connectivity index (χ3n) is 4.55. The zero-order chi connectivity index (χ0) is 16.0. The first-order valence-electron chi connectivity index (χ1n) is 8.00. The van der Waals surface area contributed by atoms with Crippen LogP contribution >= 0.6 is 0 Å². The van der Waals surface area contributed by atoms with Crippen LogP contribution in [0, 0.1) is 6.92 Å². The van der Waals surface area contributed by atoms with Crippen molar-refractivity contribution in [1.29, 1.82) is 0 Å². The van der Waals surface area contributed by atoms with Crippen molar-refractivity contribution in [1.82, 2.24) is 4.57 Å². The number of para-hydroxylation sites is 1. The molecule has 3 aromatic carbocycles. The molecule has 0 saturated heterocycles. The van der Waals surface area contributed by atoms with E-state index in [1.807, 2.05) is 19.1 Å². The van der Waals surface area contributed by atoms with E-state index in [9.17, 15) is 5.11 Å². The molecule has 0 saturated carbocycles. The van der Waals surface area contributed by atoms with Gasteiger partial charge in [0.15, 0.2) is 0 Å². The van der Waals surface area contributed by atoms with Crippen molar-refractivity contribution in [2.24, 2.45) is 0 Å². The average molecular weight is 301 g/mol. The third kappa shape index (κ3) is 2.10. The van der Waals surface area contributed by atoms with E-state index in [0.29, 0.717) is 5.75 Å². The van der Waals surface area contributed by atoms with Gasteiger partial charge < -0.3 is 9.67 Å². The van der Waals surface area contributed by atoms with Crippen LogP contribution in [0.3, 0.4) is 0 Å². The van der Waals surface area contributed by atoms with Gasteiger partial charge in [0.2, 0.25) is 0 Å². The van der Waals surface area contributed by atoms with E-state index in [4.69, 9.17) is 0 Å². The summed E-state index contributed by atoms with van der Waals surface area (Å²) in [6.45, 7) is 5.16. The molecule has 1 heterocycles. The standard InChI is InChI=1S/C21H19NO/c1-3-22-19-7-5-4-6-16(19)18-13-15(9-10-20(18)22)17-12-14(2)8-11-21(17)23/h4-13,23H,3H2,1-2H3. The number of aromatic nitrogens is 1. The molecular weight excluding hydrogens is 282 g/mol. The van der Waals surface area contributed by atoms with Gasteiger partial charge in [-0.2, -0.15) is 0 Å². The van der Waals surface area contributed by atoms with Crippen molar-refractivity contribution >= 4 is 21.8 Å². The molecule has 2 heteroatoms. The molecule has 1 N–H and O–H groups in total. The average Bonchev–Trinajstić information content (AvgIpc) is 2.90. The van der Waals surface area contributed by atoms with Gasteiger partial charge in [-0.15, -0.1) is 0 Å². The molecule has 114 valence electrons. The van der Waals surface area contributed by atoms with Crippen molar-refractivity contribution < 1.29 is 5.11 Å². The van der Waals surface area contributed by atoms with Crippen LogP contribution in [0.1, 0.15) is 12.5 Å². The number of benzene rings is 3. The van der Waals surface area contributed by atoms with Crippen LogP contribution in [-0.2, 0) is 6.54 Å². The monoisotopic (exact) mass is 301 g/mol. The maximum absolute atomic E-state index is 10.2. The van der Waals surface area contributed by atoms with Crippen LogP contribution in [-0.4, -0.2) is 9.67 Å². The van der Waals surface area contributed by atoms with Crippen molar-refractivity contribution in [2.75, 3.05) is 0 Å². The van der Waals surface area contributed by atoms with E-state index in [1.54, 1.807) is 6.07 Å². The smallest absolute Gasteiger partial charge is 0.123 e. The summed E-state index contributed by atoms with van der Waals surface area (Å²) < 4.78 is 2.34. The molecule has 2 nitrogen and oxygen atoms in total. The Balaban J connectivity index is 2.05. The Kier molecular flexibility index (Phi) is 3.12. The first-order chi connectivity index (χ1) is 11.2. The number of fused-ring (bicyclic) bond motifs is 3. The molecule has 0 aliphatic carbocycles. The normalized spacial score (nSPS) is 11.4. The number of aryl methyl sites for hydroxylation is 2. The van der Waals surface area contributed by atoms with Gasteiger partial charge >= 0.3 is 0 Å². The van der Waals surface area contributed by atoms with Gasteiger partial charge in [-0.1, -0.05) is 35.9 Å². The van der Waals surface area contributed by atoms with Crippen LogP contribution < -0.4 is 0 Å². The van der Waals surface area contributed by atoms with E-state index >= 15 is 0 Å². The number of hydrogen-bond donors (Lipinski definition) is 1. The second-order valence-electron chi connectivity index (χ2n) is 6.01. The van der Waals surface area contributed by atoms with E-state index < -0.39 is 0 Å². The molecule has 0 amide bonds. The second-order valence-corrected chi connectivity index (χ2v) is 6.01. The van der Waals surface area contributed by atoms with Crippen LogP contribution in [0.2, 0.25) is 0 Å². The molecule has 1 aromatic heterocycles. The second kappa shape index (κ2) is 5.17. The number of rotatable bonds is 2. The Bertz CT molecular complexity index is 1030. The van der Waals surface area contributed by atoms with Gasteiger partial charge in [0.05, 0.1) is 0 Å². The SMILES string of the molecule is CCn1c2ccccc2c2cc(-c3cc(C)ccc3O)ccc21. The minimum atomic E-state index is 0.328. The number of aromatic hydroxyl groups is 1. The molecule has 0 spiro atoms. The molecule has 0 atom stereocenters. The third-order valence-corrected chi connectivity index (χ3v) is 4.55. The van der Waals surface area contributed by atoms with E-state index in [0.717, 1.165) is 23.2 Å². The summed E-state index contributed by atoms with van der Waals surface area (Å²) in [5.41, 5.74) is 5.59. The first-order valence-corrected chi connectivity index (χ1v) is 8.00. The summed E-state index contributed by atoms with van der Waals surface area (Å²) in [7, 11) is 0. The minimum absolute atomic E-state index is 0.328. The molecule has 0 aliphatic rings. The predicted molar refractivity (Wildman–Crippen MR) is 97.0 cm³/mol. The molecule has 4 rings (SSSR count). The minimum Gasteiger partial charge on any atom is -0.507 e. The maximum atomic E-state index is 10.2. The number of nitrogens with zero attached hydrogens (tertiary/aromatic N) is 1. The highest BCUT2D eigenvalue weighted by Gasteiger charge is 2.11. The lowest BCUT2D eigenvalue weighted by Gasteiger charge is -2.07. The molecule has 0 aliphatic heterocycles.